The number of rotatable bonds is 13. The molecule has 0 fully saturated rings. The highest BCUT2D eigenvalue weighted by Gasteiger charge is 2.25. The van der Waals surface area contributed by atoms with Gasteiger partial charge in [-0.05, 0) is 55.2 Å². The first-order valence-electron chi connectivity index (χ1n) is 11.6. The fourth-order valence-electron chi connectivity index (χ4n) is 3.41. The molecule has 7 nitrogen and oxygen atoms in total. The molecule has 1 atom stereocenters. The van der Waals surface area contributed by atoms with E-state index in [0.717, 1.165) is 24.0 Å². The lowest BCUT2D eigenvalue weighted by molar-refractivity contribution is -0.140. The minimum absolute atomic E-state index is 0.155. The quantitative estimate of drug-likeness (QED) is 0.402. The number of benzene rings is 2. The van der Waals surface area contributed by atoms with Crippen molar-refractivity contribution >= 4 is 33.4 Å². The van der Waals surface area contributed by atoms with Crippen molar-refractivity contribution in [3.05, 3.63) is 64.7 Å². The van der Waals surface area contributed by atoms with Crippen LogP contribution in [0.3, 0.4) is 0 Å². The maximum Gasteiger partial charge on any atom is 0.242 e. The van der Waals surface area contributed by atoms with E-state index in [1.54, 1.807) is 43.0 Å². The first-order chi connectivity index (χ1) is 16.2. The van der Waals surface area contributed by atoms with Gasteiger partial charge in [0.2, 0.25) is 21.8 Å². The Morgan fingerprint density at radius 3 is 2.21 bits per heavy atom. The lowest BCUT2D eigenvalue weighted by Crippen LogP contribution is -2.47. The number of halogens is 1. The van der Waals surface area contributed by atoms with Crippen LogP contribution in [0.5, 0.6) is 0 Å². The lowest BCUT2D eigenvalue weighted by Gasteiger charge is -2.29. The number of nitrogens with zero attached hydrogens (tertiary/aromatic N) is 1. The van der Waals surface area contributed by atoms with E-state index in [2.05, 4.69) is 10.0 Å². The normalized spacial score (nSPS) is 12.2. The number of carbonyl (C=O) groups excluding carboxylic acids is 2. The van der Waals surface area contributed by atoms with E-state index >= 15 is 0 Å². The predicted molar refractivity (Wildman–Crippen MR) is 135 cm³/mol. The molecule has 0 radical (unpaired) electrons. The van der Waals surface area contributed by atoms with Crippen LogP contribution in [0, 0.1) is 0 Å². The number of hydrogen-bond donors (Lipinski definition) is 2. The van der Waals surface area contributed by atoms with Crippen molar-refractivity contribution in [3.63, 3.8) is 0 Å². The van der Waals surface area contributed by atoms with Crippen LogP contribution < -0.4 is 10.0 Å². The average molecular weight is 508 g/mol. The van der Waals surface area contributed by atoms with Crippen LogP contribution in [0.1, 0.15) is 51.2 Å². The number of hydrogen-bond acceptors (Lipinski definition) is 4. The Kier molecular flexibility index (Phi) is 11.0. The molecule has 0 bridgehead atoms. The van der Waals surface area contributed by atoms with Crippen LogP contribution in [0.2, 0.25) is 5.02 Å². The van der Waals surface area contributed by atoms with Crippen molar-refractivity contribution < 1.29 is 18.0 Å². The highest BCUT2D eigenvalue weighted by atomic mass is 35.5. The van der Waals surface area contributed by atoms with Gasteiger partial charge in [-0.1, -0.05) is 56.1 Å². The minimum atomic E-state index is -3.52. The molecule has 0 saturated carbocycles. The third-order valence-electron chi connectivity index (χ3n) is 5.46. The number of unbranched alkanes of at least 4 members (excludes halogenated alkanes) is 1. The molecule has 9 heteroatoms. The maximum absolute atomic E-state index is 13.2. The Morgan fingerprint density at radius 1 is 1.00 bits per heavy atom. The monoisotopic (exact) mass is 507 g/mol. The van der Waals surface area contributed by atoms with Crippen molar-refractivity contribution in [2.45, 2.75) is 63.9 Å². The molecule has 0 aliphatic rings. The highest BCUT2D eigenvalue weighted by molar-refractivity contribution is 7.89. The average Bonchev–Trinajstić information content (AvgIpc) is 2.82. The number of aryl methyl sites for hydroxylation is 1. The molecule has 0 aromatic heterocycles. The summed E-state index contributed by atoms with van der Waals surface area (Å²) in [6, 6.07) is 13.1. The second-order valence-electron chi connectivity index (χ2n) is 8.11. The van der Waals surface area contributed by atoms with Gasteiger partial charge < -0.3 is 10.2 Å². The maximum atomic E-state index is 13.2. The first-order valence-corrected chi connectivity index (χ1v) is 13.4. The second-order valence-corrected chi connectivity index (χ2v) is 10.3. The summed E-state index contributed by atoms with van der Waals surface area (Å²) < 4.78 is 26.7. The van der Waals surface area contributed by atoms with Gasteiger partial charge in [-0.25, -0.2) is 13.1 Å². The smallest absolute Gasteiger partial charge is 0.242 e. The summed E-state index contributed by atoms with van der Waals surface area (Å²) in [5.74, 6) is -0.341. The highest BCUT2D eigenvalue weighted by Crippen LogP contribution is 2.17. The zero-order valence-electron chi connectivity index (χ0n) is 20.0. The zero-order chi connectivity index (χ0) is 25.1. The van der Waals surface area contributed by atoms with E-state index in [9.17, 15) is 18.0 Å². The summed E-state index contributed by atoms with van der Waals surface area (Å²) in [5.41, 5.74) is 1.72. The van der Waals surface area contributed by atoms with Gasteiger partial charge in [0.05, 0.1) is 4.90 Å². The van der Waals surface area contributed by atoms with Crippen LogP contribution in [-0.2, 0) is 32.6 Å². The minimum Gasteiger partial charge on any atom is -0.354 e. The predicted octanol–water partition coefficient (Wildman–Crippen LogP) is 3.90. The van der Waals surface area contributed by atoms with Gasteiger partial charge >= 0.3 is 0 Å². The molecular formula is C25H34ClN3O4S. The van der Waals surface area contributed by atoms with Crippen LogP contribution in [-0.4, -0.2) is 44.3 Å². The van der Waals surface area contributed by atoms with Gasteiger partial charge in [-0.2, -0.15) is 0 Å². The van der Waals surface area contributed by atoms with E-state index < -0.39 is 16.1 Å². The molecule has 0 unspecified atom stereocenters. The van der Waals surface area contributed by atoms with Crippen molar-refractivity contribution in [3.8, 4) is 0 Å². The molecule has 0 spiro atoms. The summed E-state index contributed by atoms with van der Waals surface area (Å²) in [4.78, 5) is 27.6. The van der Waals surface area contributed by atoms with Crippen molar-refractivity contribution in [1.29, 1.82) is 0 Å². The second kappa shape index (κ2) is 13.5. The standard InChI is InChI=1S/C25H34ClN3O4S/c1-4-6-17-27-25(31)19(3)29(18-21-7-12-22(26)13-8-21)24(30)16-11-20-9-14-23(15-10-20)34(32,33)28-5-2/h7-10,12-15,19,28H,4-6,11,16-18H2,1-3H3,(H,27,31)/t19-/m0/s1. The zero-order valence-corrected chi connectivity index (χ0v) is 21.6. The fourth-order valence-corrected chi connectivity index (χ4v) is 4.58. The summed E-state index contributed by atoms with van der Waals surface area (Å²) in [6.07, 6.45) is 2.47. The number of carbonyl (C=O) groups is 2. The van der Waals surface area contributed by atoms with E-state index in [1.807, 2.05) is 19.1 Å². The Morgan fingerprint density at radius 2 is 1.62 bits per heavy atom. The Hall–Kier alpha value is -2.42. The van der Waals surface area contributed by atoms with Crippen LogP contribution in [0.15, 0.2) is 53.4 Å². The Bertz CT molecular complexity index is 1040. The molecule has 2 amide bonds. The molecule has 2 rings (SSSR count). The Labute approximate surface area is 207 Å². The third kappa shape index (κ3) is 8.42. The van der Waals surface area contributed by atoms with E-state index in [0.29, 0.717) is 24.5 Å². The van der Waals surface area contributed by atoms with E-state index in [-0.39, 0.29) is 29.7 Å². The number of sulfonamides is 1. The van der Waals surface area contributed by atoms with Crippen molar-refractivity contribution in [2.75, 3.05) is 13.1 Å². The lowest BCUT2D eigenvalue weighted by atomic mass is 10.1. The summed E-state index contributed by atoms with van der Waals surface area (Å²) in [5, 5.41) is 3.50. The molecule has 0 aliphatic heterocycles. The molecule has 2 aromatic rings. The van der Waals surface area contributed by atoms with E-state index in [4.69, 9.17) is 11.6 Å². The third-order valence-corrected chi connectivity index (χ3v) is 7.27. The topological polar surface area (TPSA) is 95.6 Å². The summed E-state index contributed by atoms with van der Waals surface area (Å²) >= 11 is 5.98. The fraction of sp³-hybridized carbons (Fsp3) is 0.440. The van der Waals surface area contributed by atoms with Gasteiger partial charge in [0.25, 0.3) is 0 Å². The molecule has 186 valence electrons. The molecule has 2 aromatic carbocycles. The van der Waals surface area contributed by atoms with Crippen molar-refractivity contribution in [2.24, 2.45) is 0 Å². The molecule has 34 heavy (non-hydrogen) atoms. The number of amides is 2. The van der Waals surface area contributed by atoms with Gasteiger partial charge in [0.15, 0.2) is 0 Å². The van der Waals surface area contributed by atoms with Crippen molar-refractivity contribution in [1.82, 2.24) is 14.9 Å². The summed E-state index contributed by atoms with van der Waals surface area (Å²) in [6.45, 7) is 6.68. The molecule has 0 aliphatic carbocycles. The molecule has 0 heterocycles. The molecule has 0 saturated heterocycles. The van der Waals surface area contributed by atoms with Crippen LogP contribution in [0.25, 0.3) is 0 Å². The van der Waals surface area contributed by atoms with Gasteiger partial charge in [0.1, 0.15) is 6.04 Å². The largest absolute Gasteiger partial charge is 0.354 e. The SMILES string of the molecule is CCCCNC(=O)[C@H](C)N(Cc1ccc(Cl)cc1)C(=O)CCc1ccc(S(=O)(=O)NCC)cc1. The molecule has 2 N–H and O–H groups in total. The number of nitrogens with one attached hydrogen (secondary N) is 2. The first kappa shape index (κ1) is 27.8. The van der Waals surface area contributed by atoms with Gasteiger partial charge in [0, 0.05) is 31.1 Å². The van der Waals surface area contributed by atoms with Crippen LogP contribution in [0.4, 0.5) is 0 Å². The van der Waals surface area contributed by atoms with Gasteiger partial charge in [-0.3, -0.25) is 9.59 Å². The van der Waals surface area contributed by atoms with Gasteiger partial charge in [-0.15, -0.1) is 0 Å². The summed E-state index contributed by atoms with van der Waals surface area (Å²) in [7, 11) is -3.52. The molecular weight excluding hydrogens is 474 g/mol. The van der Waals surface area contributed by atoms with Crippen LogP contribution >= 0.6 is 11.6 Å². The Balaban J connectivity index is 2.10. The van der Waals surface area contributed by atoms with E-state index in [1.165, 1.54) is 12.1 Å².